The van der Waals surface area contributed by atoms with Gasteiger partial charge in [0.05, 0.1) is 6.61 Å². The van der Waals surface area contributed by atoms with E-state index in [1.165, 1.54) is 5.56 Å². The Morgan fingerprint density at radius 3 is 2.25 bits per heavy atom. The summed E-state index contributed by atoms with van der Waals surface area (Å²) in [5.74, 6) is 0.951. The summed E-state index contributed by atoms with van der Waals surface area (Å²) in [6.07, 6.45) is 2.13. The van der Waals surface area contributed by atoms with E-state index in [9.17, 15) is 0 Å². The molecule has 1 unspecified atom stereocenters. The Labute approximate surface area is 121 Å². The van der Waals surface area contributed by atoms with Crippen molar-refractivity contribution < 1.29 is 4.74 Å². The molecule has 0 radical (unpaired) electrons. The van der Waals surface area contributed by atoms with Crippen molar-refractivity contribution in [2.75, 3.05) is 13.2 Å². The quantitative estimate of drug-likeness (QED) is 0.725. The van der Waals surface area contributed by atoms with Crippen LogP contribution >= 0.6 is 0 Å². The van der Waals surface area contributed by atoms with Crippen LogP contribution in [0.15, 0.2) is 60.7 Å². The van der Waals surface area contributed by atoms with Crippen molar-refractivity contribution in [3.63, 3.8) is 0 Å². The van der Waals surface area contributed by atoms with Crippen molar-refractivity contribution in [2.45, 2.75) is 25.8 Å². The lowest BCUT2D eigenvalue weighted by atomic mass is 10.0. The van der Waals surface area contributed by atoms with Crippen LogP contribution in [0.1, 0.15) is 31.4 Å². The van der Waals surface area contributed by atoms with E-state index in [-0.39, 0.29) is 0 Å². The molecule has 0 bridgehead atoms. The molecule has 1 atom stereocenters. The second kappa shape index (κ2) is 8.39. The smallest absolute Gasteiger partial charge is 0.119 e. The van der Waals surface area contributed by atoms with Crippen LogP contribution in [0.4, 0.5) is 0 Å². The molecule has 0 fully saturated rings. The maximum absolute atomic E-state index is 5.74. The molecule has 0 saturated carbocycles. The van der Waals surface area contributed by atoms with Gasteiger partial charge in [-0.2, -0.15) is 0 Å². The molecule has 0 spiro atoms. The predicted octanol–water partition coefficient (Wildman–Crippen LogP) is 4.20. The summed E-state index contributed by atoms with van der Waals surface area (Å²) in [4.78, 5) is 0. The largest absolute Gasteiger partial charge is 0.494 e. The first kappa shape index (κ1) is 14.6. The summed E-state index contributed by atoms with van der Waals surface area (Å²) in [5.41, 5.74) is 1.36. The first-order chi connectivity index (χ1) is 9.90. The summed E-state index contributed by atoms with van der Waals surface area (Å²) in [7, 11) is 0. The molecule has 1 N–H and O–H groups in total. The first-order valence-electron chi connectivity index (χ1n) is 7.36. The lowest BCUT2D eigenvalue weighted by molar-refractivity contribution is 0.296. The van der Waals surface area contributed by atoms with E-state index in [4.69, 9.17) is 4.74 Å². The average Bonchev–Trinajstić information content (AvgIpc) is 2.52. The summed E-state index contributed by atoms with van der Waals surface area (Å²) in [6, 6.07) is 21.0. The SMILES string of the molecule is CCNC(CCCOc1ccccc1)c1ccccc1. The Morgan fingerprint density at radius 2 is 1.60 bits per heavy atom. The van der Waals surface area contributed by atoms with Gasteiger partial charge in [-0.25, -0.2) is 0 Å². The van der Waals surface area contributed by atoms with Gasteiger partial charge in [0.15, 0.2) is 0 Å². The van der Waals surface area contributed by atoms with Crippen LogP contribution in [-0.2, 0) is 0 Å². The molecule has 0 aromatic heterocycles. The van der Waals surface area contributed by atoms with E-state index in [2.05, 4.69) is 42.6 Å². The van der Waals surface area contributed by atoms with Gasteiger partial charge in [0.25, 0.3) is 0 Å². The highest BCUT2D eigenvalue weighted by Gasteiger charge is 2.09. The predicted molar refractivity (Wildman–Crippen MR) is 84.0 cm³/mol. The molecule has 2 aromatic carbocycles. The second-order valence-electron chi connectivity index (χ2n) is 4.82. The van der Waals surface area contributed by atoms with Crippen molar-refractivity contribution in [2.24, 2.45) is 0 Å². The maximum Gasteiger partial charge on any atom is 0.119 e. The van der Waals surface area contributed by atoms with Crippen molar-refractivity contribution >= 4 is 0 Å². The molecule has 20 heavy (non-hydrogen) atoms. The number of rotatable bonds is 8. The molecular weight excluding hydrogens is 246 g/mol. The Kier molecular flexibility index (Phi) is 6.12. The minimum absolute atomic E-state index is 0.417. The number of hydrogen-bond acceptors (Lipinski definition) is 2. The fraction of sp³-hybridized carbons (Fsp3) is 0.333. The molecule has 0 aliphatic heterocycles. The van der Waals surface area contributed by atoms with Gasteiger partial charge in [0, 0.05) is 6.04 Å². The van der Waals surface area contributed by atoms with Crippen LogP contribution in [0.5, 0.6) is 5.75 Å². The first-order valence-corrected chi connectivity index (χ1v) is 7.36. The van der Waals surface area contributed by atoms with Crippen molar-refractivity contribution in [3.8, 4) is 5.75 Å². The topological polar surface area (TPSA) is 21.3 Å². The van der Waals surface area contributed by atoms with E-state index in [1.807, 2.05) is 30.3 Å². The molecule has 0 amide bonds. The number of ether oxygens (including phenoxy) is 1. The van der Waals surface area contributed by atoms with E-state index in [0.717, 1.165) is 31.7 Å². The molecule has 0 heterocycles. The van der Waals surface area contributed by atoms with Crippen LogP contribution < -0.4 is 10.1 Å². The van der Waals surface area contributed by atoms with Crippen molar-refractivity contribution in [3.05, 3.63) is 66.2 Å². The Bertz CT molecular complexity index is 469. The van der Waals surface area contributed by atoms with Crippen LogP contribution in [0.25, 0.3) is 0 Å². The number of benzene rings is 2. The zero-order valence-electron chi connectivity index (χ0n) is 12.1. The summed E-state index contributed by atoms with van der Waals surface area (Å²) >= 11 is 0. The number of nitrogens with one attached hydrogen (secondary N) is 1. The third kappa shape index (κ3) is 4.71. The molecule has 2 nitrogen and oxygen atoms in total. The van der Waals surface area contributed by atoms with Crippen molar-refractivity contribution in [1.29, 1.82) is 0 Å². The van der Waals surface area contributed by atoms with Crippen LogP contribution in [0.3, 0.4) is 0 Å². The molecular formula is C18H23NO. The lowest BCUT2D eigenvalue weighted by Crippen LogP contribution is -2.21. The van der Waals surface area contributed by atoms with Crippen LogP contribution in [-0.4, -0.2) is 13.2 Å². The highest BCUT2D eigenvalue weighted by Crippen LogP contribution is 2.18. The summed E-state index contributed by atoms with van der Waals surface area (Å²) in [6.45, 7) is 3.90. The zero-order valence-corrected chi connectivity index (χ0v) is 12.1. The average molecular weight is 269 g/mol. The maximum atomic E-state index is 5.74. The Balaban J connectivity index is 1.78. The third-order valence-corrected chi connectivity index (χ3v) is 3.30. The Morgan fingerprint density at radius 1 is 0.950 bits per heavy atom. The third-order valence-electron chi connectivity index (χ3n) is 3.30. The highest BCUT2D eigenvalue weighted by molar-refractivity contribution is 5.21. The van der Waals surface area contributed by atoms with E-state index in [1.54, 1.807) is 0 Å². The van der Waals surface area contributed by atoms with E-state index >= 15 is 0 Å². The summed E-state index contributed by atoms with van der Waals surface area (Å²) in [5, 5.41) is 3.54. The Hall–Kier alpha value is -1.80. The monoisotopic (exact) mass is 269 g/mol. The van der Waals surface area contributed by atoms with Crippen molar-refractivity contribution in [1.82, 2.24) is 5.32 Å². The van der Waals surface area contributed by atoms with Gasteiger partial charge in [-0.05, 0) is 37.1 Å². The van der Waals surface area contributed by atoms with Gasteiger partial charge in [-0.1, -0.05) is 55.5 Å². The molecule has 2 heteroatoms. The van der Waals surface area contributed by atoms with Crippen LogP contribution in [0, 0.1) is 0 Å². The minimum atomic E-state index is 0.417. The van der Waals surface area contributed by atoms with Gasteiger partial charge in [0.1, 0.15) is 5.75 Å². The normalized spacial score (nSPS) is 12.1. The fourth-order valence-corrected chi connectivity index (χ4v) is 2.31. The van der Waals surface area contributed by atoms with Gasteiger partial charge in [-0.3, -0.25) is 0 Å². The van der Waals surface area contributed by atoms with Gasteiger partial charge >= 0.3 is 0 Å². The van der Waals surface area contributed by atoms with E-state index < -0.39 is 0 Å². The molecule has 106 valence electrons. The van der Waals surface area contributed by atoms with E-state index in [0.29, 0.717) is 6.04 Å². The fourth-order valence-electron chi connectivity index (χ4n) is 2.31. The second-order valence-corrected chi connectivity index (χ2v) is 4.82. The molecule has 0 aliphatic carbocycles. The summed E-state index contributed by atoms with van der Waals surface area (Å²) < 4.78 is 5.74. The van der Waals surface area contributed by atoms with Gasteiger partial charge in [0.2, 0.25) is 0 Å². The van der Waals surface area contributed by atoms with Gasteiger partial charge in [-0.15, -0.1) is 0 Å². The molecule has 2 aromatic rings. The zero-order chi connectivity index (χ0) is 14.0. The lowest BCUT2D eigenvalue weighted by Gasteiger charge is -2.18. The van der Waals surface area contributed by atoms with Crippen LogP contribution in [0.2, 0.25) is 0 Å². The molecule has 0 aliphatic rings. The number of hydrogen-bond donors (Lipinski definition) is 1. The molecule has 0 saturated heterocycles. The highest BCUT2D eigenvalue weighted by atomic mass is 16.5. The standard InChI is InChI=1S/C18H23NO/c1-2-19-18(16-10-5-3-6-11-16)14-9-15-20-17-12-7-4-8-13-17/h3-8,10-13,18-19H,2,9,14-15H2,1H3. The van der Waals surface area contributed by atoms with Gasteiger partial charge < -0.3 is 10.1 Å². The number of para-hydroxylation sites is 1. The minimum Gasteiger partial charge on any atom is -0.494 e. The molecule has 2 rings (SSSR count).